The molecule has 1 aromatic rings. The van der Waals surface area contributed by atoms with E-state index in [2.05, 4.69) is 32.8 Å². The van der Waals surface area contributed by atoms with E-state index in [1.54, 1.807) is 0 Å². The lowest BCUT2D eigenvalue weighted by molar-refractivity contribution is 0.630. The minimum atomic E-state index is 0.245. The van der Waals surface area contributed by atoms with Crippen molar-refractivity contribution in [2.45, 2.75) is 63.3 Å². The van der Waals surface area contributed by atoms with Crippen LogP contribution in [0.4, 0.5) is 0 Å². The van der Waals surface area contributed by atoms with Gasteiger partial charge in [-0.15, -0.1) is 11.8 Å². The molecule has 0 radical (unpaired) electrons. The van der Waals surface area contributed by atoms with Gasteiger partial charge in [0.1, 0.15) is 0 Å². The summed E-state index contributed by atoms with van der Waals surface area (Å²) < 4.78 is 2.00. The Balaban J connectivity index is 2.93. The standard InChI is InChI=1S/C13H25N3S/c1-6-9(3)17-13-12(8-11(14)7-2)10(4)15-16(13)5/h9,11H,6-8,14H2,1-5H3. The van der Waals surface area contributed by atoms with Crippen molar-refractivity contribution in [1.29, 1.82) is 0 Å². The SMILES string of the molecule is CCC(N)Cc1c(C)nn(C)c1SC(C)CC. The first-order valence-corrected chi connectivity index (χ1v) is 7.32. The minimum Gasteiger partial charge on any atom is -0.327 e. The maximum absolute atomic E-state index is 6.07. The molecule has 1 heterocycles. The highest BCUT2D eigenvalue weighted by Crippen LogP contribution is 2.30. The quantitative estimate of drug-likeness (QED) is 0.795. The Labute approximate surface area is 109 Å². The zero-order valence-corrected chi connectivity index (χ0v) is 12.5. The van der Waals surface area contributed by atoms with Crippen molar-refractivity contribution in [3.8, 4) is 0 Å². The lowest BCUT2D eigenvalue weighted by Gasteiger charge is -2.13. The molecule has 2 atom stereocenters. The summed E-state index contributed by atoms with van der Waals surface area (Å²) in [6.07, 6.45) is 3.13. The Morgan fingerprint density at radius 3 is 2.53 bits per heavy atom. The number of aromatic nitrogens is 2. The highest BCUT2D eigenvalue weighted by atomic mass is 32.2. The molecular formula is C13H25N3S. The predicted octanol–water partition coefficient (Wildman–Crippen LogP) is 2.90. The van der Waals surface area contributed by atoms with E-state index in [0.717, 1.165) is 18.5 Å². The molecule has 2 N–H and O–H groups in total. The third-order valence-electron chi connectivity index (χ3n) is 3.17. The molecule has 0 spiro atoms. The van der Waals surface area contributed by atoms with Crippen molar-refractivity contribution < 1.29 is 0 Å². The van der Waals surface area contributed by atoms with Crippen LogP contribution in [0.5, 0.6) is 0 Å². The van der Waals surface area contributed by atoms with Gasteiger partial charge in [0.15, 0.2) is 0 Å². The van der Waals surface area contributed by atoms with Crippen LogP contribution >= 0.6 is 11.8 Å². The average Bonchev–Trinajstić information content (AvgIpc) is 2.55. The topological polar surface area (TPSA) is 43.8 Å². The molecule has 17 heavy (non-hydrogen) atoms. The van der Waals surface area contributed by atoms with E-state index in [0.29, 0.717) is 5.25 Å². The molecule has 0 aliphatic rings. The molecule has 3 nitrogen and oxygen atoms in total. The van der Waals surface area contributed by atoms with E-state index in [9.17, 15) is 0 Å². The van der Waals surface area contributed by atoms with Crippen LogP contribution in [-0.4, -0.2) is 21.1 Å². The van der Waals surface area contributed by atoms with Gasteiger partial charge >= 0.3 is 0 Å². The average molecular weight is 255 g/mol. The van der Waals surface area contributed by atoms with Gasteiger partial charge in [0.05, 0.1) is 10.7 Å². The van der Waals surface area contributed by atoms with Gasteiger partial charge in [0.2, 0.25) is 0 Å². The van der Waals surface area contributed by atoms with Crippen LogP contribution in [0, 0.1) is 6.92 Å². The highest BCUT2D eigenvalue weighted by molar-refractivity contribution is 7.99. The Hall–Kier alpha value is -0.480. The maximum atomic E-state index is 6.07. The second-order valence-electron chi connectivity index (χ2n) is 4.70. The summed E-state index contributed by atoms with van der Waals surface area (Å²) in [6, 6.07) is 0.245. The van der Waals surface area contributed by atoms with Crippen molar-refractivity contribution in [2.24, 2.45) is 12.8 Å². The lowest BCUT2D eigenvalue weighted by atomic mass is 10.1. The molecule has 0 aliphatic heterocycles. The first-order valence-electron chi connectivity index (χ1n) is 6.44. The molecule has 0 aliphatic carbocycles. The molecule has 98 valence electrons. The third-order valence-corrected chi connectivity index (χ3v) is 4.64. The lowest BCUT2D eigenvalue weighted by Crippen LogP contribution is -2.22. The van der Waals surface area contributed by atoms with Crippen LogP contribution in [0.3, 0.4) is 0 Å². The Morgan fingerprint density at radius 1 is 1.35 bits per heavy atom. The van der Waals surface area contributed by atoms with E-state index < -0.39 is 0 Å². The molecular weight excluding hydrogens is 230 g/mol. The number of hydrogen-bond acceptors (Lipinski definition) is 3. The molecule has 4 heteroatoms. The van der Waals surface area contributed by atoms with Crippen molar-refractivity contribution >= 4 is 11.8 Å². The Kier molecular flexibility index (Phi) is 5.53. The van der Waals surface area contributed by atoms with Crippen molar-refractivity contribution in [3.63, 3.8) is 0 Å². The largest absolute Gasteiger partial charge is 0.327 e. The van der Waals surface area contributed by atoms with E-state index in [1.807, 2.05) is 23.5 Å². The number of rotatable bonds is 6. The van der Waals surface area contributed by atoms with E-state index in [4.69, 9.17) is 5.73 Å². The maximum Gasteiger partial charge on any atom is 0.0974 e. The highest BCUT2D eigenvalue weighted by Gasteiger charge is 2.17. The summed E-state index contributed by atoms with van der Waals surface area (Å²) in [5.74, 6) is 0. The van der Waals surface area contributed by atoms with Crippen LogP contribution < -0.4 is 5.73 Å². The fraction of sp³-hybridized carbons (Fsp3) is 0.769. The molecule has 1 aromatic heterocycles. The zero-order valence-electron chi connectivity index (χ0n) is 11.7. The number of nitrogens with zero attached hydrogens (tertiary/aromatic N) is 2. The van der Waals surface area contributed by atoms with Crippen molar-refractivity contribution in [3.05, 3.63) is 11.3 Å². The molecule has 0 aromatic carbocycles. The van der Waals surface area contributed by atoms with E-state index in [-0.39, 0.29) is 6.04 Å². The fourth-order valence-electron chi connectivity index (χ4n) is 1.74. The van der Waals surface area contributed by atoms with Crippen LogP contribution in [0.15, 0.2) is 5.03 Å². The summed E-state index contributed by atoms with van der Waals surface area (Å²) >= 11 is 1.92. The van der Waals surface area contributed by atoms with Crippen molar-refractivity contribution in [2.75, 3.05) is 0 Å². The van der Waals surface area contributed by atoms with Crippen LogP contribution in [0.25, 0.3) is 0 Å². The van der Waals surface area contributed by atoms with Crippen LogP contribution in [0.2, 0.25) is 0 Å². The molecule has 0 saturated heterocycles. The Morgan fingerprint density at radius 2 is 2.00 bits per heavy atom. The first kappa shape index (κ1) is 14.6. The number of nitrogens with two attached hydrogens (primary N) is 1. The summed E-state index contributed by atoms with van der Waals surface area (Å²) in [5.41, 5.74) is 8.54. The van der Waals surface area contributed by atoms with Crippen LogP contribution in [0.1, 0.15) is 44.9 Å². The van der Waals surface area contributed by atoms with E-state index >= 15 is 0 Å². The van der Waals surface area contributed by atoms with Gasteiger partial charge in [-0.2, -0.15) is 5.10 Å². The number of thioether (sulfide) groups is 1. The Bertz CT molecular complexity index is 327. The van der Waals surface area contributed by atoms with Gasteiger partial charge in [-0.25, -0.2) is 0 Å². The summed E-state index contributed by atoms with van der Waals surface area (Å²) in [7, 11) is 2.03. The molecule has 0 saturated carbocycles. The second kappa shape index (κ2) is 6.45. The minimum absolute atomic E-state index is 0.245. The molecule has 0 bridgehead atoms. The number of aryl methyl sites for hydroxylation is 2. The summed E-state index contributed by atoms with van der Waals surface area (Å²) in [5, 5.41) is 6.44. The molecule has 1 rings (SSSR count). The smallest absolute Gasteiger partial charge is 0.0974 e. The van der Waals surface area contributed by atoms with Gasteiger partial charge in [-0.05, 0) is 26.2 Å². The van der Waals surface area contributed by atoms with Gasteiger partial charge in [-0.1, -0.05) is 20.8 Å². The van der Waals surface area contributed by atoms with E-state index in [1.165, 1.54) is 17.0 Å². The van der Waals surface area contributed by atoms with Gasteiger partial charge in [0, 0.05) is 23.9 Å². The fourth-order valence-corrected chi connectivity index (χ4v) is 2.86. The van der Waals surface area contributed by atoms with Gasteiger partial charge in [0.25, 0.3) is 0 Å². The van der Waals surface area contributed by atoms with Crippen molar-refractivity contribution in [1.82, 2.24) is 9.78 Å². The second-order valence-corrected chi connectivity index (χ2v) is 6.13. The molecule has 0 amide bonds. The molecule has 0 fully saturated rings. The van der Waals surface area contributed by atoms with Gasteiger partial charge < -0.3 is 5.73 Å². The summed E-state index contributed by atoms with van der Waals surface area (Å²) in [6.45, 7) is 8.70. The number of hydrogen-bond donors (Lipinski definition) is 1. The predicted molar refractivity (Wildman–Crippen MR) is 75.5 cm³/mol. The summed E-state index contributed by atoms with van der Waals surface area (Å²) in [4.78, 5) is 0. The van der Waals surface area contributed by atoms with Gasteiger partial charge in [-0.3, -0.25) is 4.68 Å². The third kappa shape index (κ3) is 3.75. The zero-order chi connectivity index (χ0) is 13.0. The van der Waals surface area contributed by atoms with Crippen LogP contribution in [-0.2, 0) is 13.5 Å². The molecule has 2 unspecified atom stereocenters. The monoisotopic (exact) mass is 255 g/mol. The first-order chi connectivity index (χ1) is 7.99. The normalized spacial score (nSPS) is 14.9.